The van der Waals surface area contributed by atoms with Crippen LogP contribution in [0, 0.1) is 22.7 Å². The molecule has 0 heterocycles. The van der Waals surface area contributed by atoms with E-state index in [1.807, 2.05) is 0 Å². The van der Waals surface area contributed by atoms with E-state index in [-0.39, 0.29) is 11.4 Å². The molecule has 0 amide bonds. The van der Waals surface area contributed by atoms with Crippen LogP contribution in [0.5, 0.6) is 0 Å². The van der Waals surface area contributed by atoms with E-state index in [0.29, 0.717) is 11.4 Å². The fourth-order valence-electron chi connectivity index (χ4n) is 1.01. The van der Waals surface area contributed by atoms with Crippen molar-refractivity contribution in [1.29, 1.82) is 10.5 Å². The minimum atomic E-state index is -0.230. The third-order valence-corrected chi connectivity index (χ3v) is 1.86. The number of nitrogens with zero attached hydrogens (tertiary/aromatic N) is 3. The maximum atomic E-state index is 8.67. The second-order valence-corrected chi connectivity index (χ2v) is 2.98. The van der Waals surface area contributed by atoms with Gasteiger partial charge in [0.25, 0.3) is 0 Å². The standard InChI is InChI=1S/C11H10N6/c12-5-9(15)11(6-13)17-7-16-10-4-2-1-3-8(10)14/h1-4,7H,14-15H2,(H,16,17). The minimum Gasteiger partial charge on any atom is -0.397 e. The average molecular weight is 226 g/mol. The maximum absolute atomic E-state index is 8.67. The third-order valence-electron chi connectivity index (χ3n) is 1.86. The van der Waals surface area contributed by atoms with Crippen molar-refractivity contribution < 1.29 is 0 Å². The molecule has 0 saturated carbocycles. The Labute approximate surface area is 98.5 Å². The van der Waals surface area contributed by atoms with E-state index >= 15 is 0 Å². The Kier molecular flexibility index (Phi) is 4.11. The van der Waals surface area contributed by atoms with E-state index in [2.05, 4.69) is 10.3 Å². The van der Waals surface area contributed by atoms with Gasteiger partial charge in [0.05, 0.1) is 17.7 Å². The molecule has 0 aliphatic carbocycles. The summed E-state index contributed by atoms with van der Waals surface area (Å²) < 4.78 is 0. The number of hydrogen-bond acceptors (Lipinski definition) is 5. The van der Waals surface area contributed by atoms with Crippen molar-refractivity contribution in [2.45, 2.75) is 0 Å². The molecule has 1 aromatic rings. The van der Waals surface area contributed by atoms with Crippen molar-refractivity contribution >= 4 is 17.7 Å². The van der Waals surface area contributed by atoms with E-state index in [4.69, 9.17) is 22.0 Å². The molecule has 0 atom stereocenters. The number of aliphatic imine (C=N–C) groups is 1. The smallest absolute Gasteiger partial charge is 0.175 e. The van der Waals surface area contributed by atoms with Gasteiger partial charge < -0.3 is 16.8 Å². The molecule has 6 heteroatoms. The van der Waals surface area contributed by atoms with Crippen LogP contribution >= 0.6 is 0 Å². The number of rotatable bonds is 3. The third kappa shape index (κ3) is 3.26. The zero-order chi connectivity index (χ0) is 12.7. The van der Waals surface area contributed by atoms with Crippen molar-refractivity contribution in [2.24, 2.45) is 10.7 Å². The van der Waals surface area contributed by atoms with Gasteiger partial charge in [-0.1, -0.05) is 12.1 Å². The number of anilines is 2. The molecule has 0 spiro atoms. The van der Waals surface area contributed by atoms with E-state index in [9.17, 15) is 0 Å². The van der Waals surface area contributed by atoms with Crippen LogP contribution in [-0.4, -0.2) is 6.34 Å². The second kappa shape index (κ2) is 5.79. The van der Waals surface area contributed by atoms with Crippen molar-refractivity contribution in [1.82, 2.24) is 0 Å². The number of hydrogen-bond donors (Lipinski definition) is 3. The summed E-state index contributed by atoms with van der Waals surface area (Å²) in [6.45, 7) is 0. The number of allylic oxidation sites excluding steroid dienone is 2. The molecule has 84 valence electrons. The van der Waals surface area contributed by atoms with Gasteiger partial charge in [-0.3, -0.25) is 0 Å². The molecule has 17 heavy (non-hydrogen) atoms. The monoisotopic (exact) mass is 226 g/mol. The molecular weight excluding hydrogens is 216 g/mol. The quantitative estimate of drug-likeness (QED) is 0.306. The van der Waals surface area contributed by atoms with Gasteiger partial charge >= 0.3 is 0 Å². The van der Waals surface area contributed by atoms with Crippen LogP contribution in [0.25, 0.3) is 0 Å². The summed E-state index contributed by atoms with van der Waals surface area (Å²) in [6, 6.07) is 10.4. The SMILES string of the molecule is N#CC(N)=C(C#N)N=CNc1ccccc1N. The molecule has 1 rings (SSSR count). The largest absolute Gasteiger partial charge is 0.397 e. The Bertz CT molecular complexity index is 544. The lowest BCUT2D eigenvalue weighted by molar-refractivity contribution is 1.27. The number of nitrogens with two attached hydrogens (primary N) is 2. The number of nitrogen functional groups attached to an aromatic ring is 1. The number of nitrogens with one attached hydrogen (secondary N) is 1. The molecule has 5 N–H and O–H groups in total. The van der Waals surface area contributed by atoms with E-state index in [0.717, 1.165) is 0 Å². The predicted octanol–water partition coefficient (Wildman–Crippen LogP) is 0.926. The van der Waals surface area contributed by atoms with Crippen LogP contribution in [0.1, 0.15) is 0 Å². The Morgan fingerprint density at radius 1 is 1.29 bits per heavy atom. The first-order chi connectivity index (χ1) is 8.19. The Morgan fingerprint density at radius 3 is 2.59 bits per heavy atom. The summed E-state index contributed by atoms with van der Waals surface area (Å²) >= 11 is 0. The summed E-state index contributed by atoms with van der Waals surface area (Å²) in [5, 5.41) is 20.0. The summed E-state index contributed by atoms with van der Waals surface area (Å²) in [6.07, 6.45) is 1.26. The molecule has 6 nitrogen and oxygen atoms in total. The first kappa shape index (κ1) is 12.1. The van der Waals surface area contributed by atoms with Crippen LogP contribution < -0.4 is 16.8 Å². The van der Waals surface area contributed by atoms with Gasteiger partial charge in [0.2, 0.25) is 0 Å². The fourth-order valence-corrected chi connectivity index (χ4v) is 1.01. The first-order valence-electron chi connectivity index (χ1n) is 4.62. The number of nitriles is 2. The molecule has 0 radical (unpaired) electrons. The van der Waals surface area contributed by atoms with Crippen molar-refractivity contribution in [2.75, 3.05) is 11.1 Å². The van der Waals surface area contributed by atoms with Gasteiger partial charge in [0, 0.05) is 0 Å². The highest BCUT2D eigenvalue weighted by molar-refractivity contribution is 5.82. The van der Waals surface area contributed by atoms with Crippen LogP contribution in [-0.2, 0) is 0 Å². The van der Waals surface area contributed by atoms with Gasteiger partial charge in [0.15, 0.2) is 5.70 Å². The topological polar surface area (TPSA) is 124 Å². The number of benzene rings is 1. The van der Waals surface area contributed by atoms with Crippen LogP contribution in [0.15, 0.2) is 40.7 Å². The number of para-hydroxylation sites is 2. The molecular formula is C11H10N6. The minimum absolute atomic E-state index is 0.144. The van der Waals surface area contributed by atoms with Gasteiger partial charge in [-0.15, -0.1) is 0 Å². The molecule has 0 saturated heterocycles. The molecule has 0 aromatic heterocycles. The maximum Gasteiger partial charge on any atom is 0.175 e. The van der Waals surface area contributed by atoms with Crippen molar-refractivity contribution in [3.63, 3.8) is 0 Å². The highest BCUT2D eigenvalue weighted by Gasteiger charge is 1.98. The summed E-state index contributed by atoms with van der Waals surface area (Å²) in [5.74, 6) is 0. The Balaban J connectivity index is 2.80. The van der Waals surface area contributed by atoms with Crippen LogP contribution in [0.3, 0.4) is 0 Å². The van der Waals surface area contributed by atoms with Crippen LogP contribution in [0.2, 0.25) is 0 Å². The molecule has 0 unspecified atom stereocenters. The van der Waals surface area contributed by atoms with Crippen LogP contribution in [0.4, 0.5) is 11.4 Å². The molecule has 0 bridgehead atoms. The highest BCUT2D eigenvalue weighted by atomic mass is 15.0. The average Bonchev–Trinajstić information content (AvgIpc) is 2.36. The van der Waals surface area contributed by atoms with Gasteiger partial charge in [-0.05, 0) is 12.1 Å². The molecule has 0 aliphatic heterocycles. The van der Waals surface area contributed by atoms with Crippen molar-refractivity contribution in [3.8, 4) is 12.1 Å². The zero-order valence-electron chi connectivity index (χ0n) is 8.88. The normalized spacial score (nSPS) is 11.4. The summed E-state index contributed by atoms with van der Waals surface area (Å²) in [4.78, 5) is 3.73. The zero-order valence-corrected chi connectivity index (χ0v) is 8.88. The first-order valence-corrected chi connectivity index (χ1v) is 4.62. The highest BCUT2D eigenvalue weighted by Crippen LogP contribution is 2.15. The molecule has 1 aromatic carbocycles. The van der Waals surface area contributed by atoms with Gasteiger partial charge in [-0.25, -0.2) is 4.99 Å². The second-order valence-electron chi connectivity index (χ2n) is 2.98. The summed E-state index contributed by atoms with van der Waals surface area (Å²) in [7, 11) is 0. The van der Waals surface area contributed by atoms with E-state index in [1.54, 1.807) is 36.4 Å². The van der Waals surface area contributed by atoms with Gasteiger partial charge in [0.1, 0.15) is 17.8 Å². The Hall–Kier alpha value is -2.99. The molecule has 0 fully saturated rings. The predicted molar refractivity (Wildman–Crippen MR) is 65.4 cm³/mol. The Morgan fingerprint density at radius 2 is 2.00 bits per heavy atom. The van der Waals surface area contributed by atoms with E-state index < -0.39 is 0 Å². The lowest BCUT2D eigenvalue weighted by atomic mass is 10.3. The van der Waals surface area contributed by atoms with E-state index in [1.165, 1.54) is 6.34 Å². The van der Waals surface area contributed by atoms with Gasteiger partial charge in [-0.2, -0.15) is 10.5 Å². The lowest BCUT2D eigenvalue weighted by Crippen LogP contribution is -2.01. The lowest BCUT2D eigenvalue weighted by Gasteiger charge is -2.02. The fraction of sp³-hybridized carbons (Fsp3) is 0. The van der Waals surface area contributed by atoms with Crippen molar-refractivity contribution in [3.05, 3.63) is 35.7 Å². The molecule has 0 aliphatic rings. The summed E-state index contributed by atoms with van der Waals surface area (Å²) in [5.41, 5.74) is 11.8.